The average molecular weight is 336 g/mol. The lowest BCUT2D eigenvalue weighted by Gasteiger charge is -2.19. The number of ether oxygens (including phenoxy) is 2. The SMILES string of the molecule is COC(=O)C[C@@H](NP(=O)(Cl)Oc1ccccc1)C(=O)OC. The number of halogens is 1. The first-order valence-electron chi connectivity index (χ1n) is 5.84. The van der Waals surface area contributed by atoms with E-state index in [0.717, 1.165) is 14.2 Å². The molecule has 0 heterocycles. The number of esters is 2. The Hall–Kier alpha value is -1.56. The number of hydrogen-bond acceptors (Lipinski definition) is 6. The van der Waals surface area contributed by atoms with Crippen molar-refractivity contribution in [3.63, 3.8) is 0 Å². The fourth-order valence-corrected chi connectivity index (χ4v) is 3.01. The van der Waals surface area contributed by atoms with Crippen LogP contribution in [0.4, 0.5) is 0 Å². The summed E-state index contributed by atoms with van der Waals surface area (Å²) in [5.41, 5.74) is 0. The molecule has 0 aromatic heterocycles. The highest BCUT2D eigenvalue weighted by atomic mass is 35.7. The fraction of sp³-hybridized carbons (Fsp3) is 0.333. The Morgan fingerprint density at radius 1 is 1.24 bits per heavy atom. The molecule has 9 heteroatoms. The molecule has 116 valence electrons. The summed E-state index contributed by atoms with van der Waals surface area (Å²) in [4.78, 5) is 22.8. The lowest BCUT2D eigenvalue weighted by atomic mass is 10.2. The highest BCUT2D eigenvalue weighted by Gasteiger charge is 2.32. The van der Waals surface area contributed by atoms with Crippen LogP contribution >= 0.6 is 18.1 Å². The molecule has 1 aromatic carbocycles. The van der Waals surface area contributed by atoms with Gasteiger partial charge in [0.25, 0.3) is 0 Å². The van der Waals surface area contributed by atoms with E-state index in [-0.39, 0.29) is 5.75 Å². The lowest BCUT2D eigenvalue weighted by molar-refractivity contribution is -0.149. The Bertz CT molecular complexity index is 538. The molecule has 21 heavy (non-hydrogen) atoms. The van der Waals surface area contributed by atoms with Crippen LogP contribution in [0.5, 0.6) is 5.75 Å². The Balaban J connectivity index is 2.78. The van der Waals surface area contributed by atoms with E-state index in [4.69, 9.17) is 15.8 Å². The highest BCUT2D eigenvalue weighted by Crippen LogP contribution is 2.48. The minimum atomic E-state index is -3.89. The van der Waals surface area contributed by atoms with Crippen LogP contribution in [0.1, 0.15) is 6.42 Å². The largest absolute Gasteiger partial charge is 0.469 e. The monoisotopic (exact) mass is 335 g/mol. The Morgan fingerprint density at radius 2 is 1.86 bits per heavy atom. The molecule has 0 aliphatic heterocycles. The summed E-state index contributed by atoms with van der Waals surface area (Å²) in [6.45, 7) is -3.89. The molecule has 2 atom stereocenters. The second-order valence-corrected chi connectivity index (χ2v) is 6.60. The number of benzene rings is 1. The Kier molecular flexibility index (Phi) is 6.68. The van der Waals surface area contributed by atoms with E-state index in [9.17, 15) is 14.2 Å². The predicted molar refractivity (Wildman–Crippen MR) is 76.1 cm³/mol. The molecule has 0 aliphatic rings. The highest BCUT2D eigenvalue weighted by molar-refractivity contribution is 7.84. The van der Waals surface area contributed by atoms with Crippen LogP contribution in [0, 0.1) is 0 Å². The van der Waals surface area contributed by atoms with Gasteiger partial charge in [-0.15, -0.1) is 0 Å². The molecule has 0 bridgehead atoms. The molecule has 1 unspecified atom stereocenters. The van der Waals surface area contributed by atoms with Gasteiger partial charge in [-0.25, -0.2) is 9.65 Å². The van der Waals surface area contributed by atoms with E-state index in [0.29, 0.717) is 0 Å². The summed E-state index contributed by atoms with van der Waals surface area (Å²) in [6.07, 6.45) is -0.391. The van der Waals surface area contributed by atoms with Gasteiger partial charge in [0.05, 0.1) is 20.6 Å². The third-order valence-electron chi connectivity index (χ3n) is 2.36. The maximum atomic E-state index is 12.2. The molecule has 0 aliphatic carbocycles. The minimum absolute atomic E-state index is 0.255. The molecule has 0 fully saturated rings. The number of methoxy groups -OCH3 is 2. The van der Waals surface area contributed by atoms with Crippen LogP contribution in [-0.4, -0.2) is 32.2 Å². The molecule has 0 amide bonds. The zero-order valence-electron chi connectivity index (χ0n) is 11.4. The number of carbonyl (C=O) groups excluding carboxylic acids is 2. The number of hydrogen-bond donors (Lipinski definition) is 1. The second kappa shape index (κ2) is 8.02. The normalized spacial score (nSPS) is 14.6. The zero-order chi connectivity index (χ0) is 15.9. The van der Waals surface area contributed by atoms with Crippen LogP contribution in [0.3, 0.4) is 0 Å². The van der Waals surface area contributed by atoms with E-state index < -0.39 is 31.3 Å². The van der Waals surface area contributed by atoms with Gasteiger partial charge in [0.15, 0.2) is 0 Å². The predicted octanol–water partition coefficient (Wildman–Crippen LogP) is 2.11. The first-order valence-corrected chi connectivity index (χ1v) is 8.37. The van der Waals surface area contributed by atoms with Crippen molar-refractivity contribution in [2.75, 3.05) is 14.2 Å². The van der Waals surface area contributed by atoms with Crippen molar-refractivity contribution in [3.8, 4) is 5.75 Å². The van der Waals surface area contributed by atoms with E-state index in [1.165, 1.54) is 0 Å². The van der Waals surface area contributed by atoms with Crippen molar-refractivity contribution in [2.24, 2.45) is 0 Å². The molecule has 1 N–H and O–H groups in total. The van der Waals surface area contributed by atoms with Gasteiger partial charge in [-0.2, -0.15) is 0 Å². The molecule has 1 aromatic rings. The number of carbonyl (C=O) groups is 2. The molecule has 0 saturated heterocycles. The van der Waals surface area contributed by atoms with Crippen molar-refractivity contribution in [1.29, 1.82) is 0 Å². The topological polar surface area (TPSA) is 90.9 Å². The van der Waals surface area contributed by atoms with E-state index in [1.54, 1.807) is 30.3 Å². The van der Waals surface area contributed by atoms with Crippen LogP contribution in [-0.2, 0) is 23.6 Å². The molecular weight excluding hydrogens is 321 g/mol. The summed E-state index contributed by atoms with van der Waals surface area (Å²) in [7, 11) is 2.29. The fourth-order valence-electron chi connectivity index (χ4n) is 1.40. The molecular formula is C12H15ClNO6P. The summed E-state index contributed by atoms with van der Waals surface area (Å²) in [5.74, 6) is -1.24. The third kappa shape index (κ3) is 6.16. The van der Waals surface area contributed by atoms with Crippen LogP contribution in [0.25, 0.3) is 0 Å². The summed E-state index contributed by atoms with van der Waals surface area (Å²) >= 11 is 5.76. The minimum Gasteiger partial charge on any atom is -0.469 e. The first-order chi connectivity index (χ1) is 9.88. The number of rotatable bonds is 7. The van der Waals surface area contributed by atoms with Gasteiger partial charge in [-0.1, -0.05) is 18.2 Å². The van der Waals surface area contributed by atoms with Crippen molar-refractivity contribution < 1.29 is 28.2 Å². The maximum absolute atomic E-state index is 12.2. The molecule has 0 saturated carbocycles. The van der Waals surface area contributed by atoms with Gasteiger partial charge < -0.3 is 14.0 Å². The van der Waals surface area contributed by atoms with Gasteiger partial charge in [0, 0.05) is 11.2 Å². The summed E-state index contributed by atoms with van der Waals surface area (Å²) in [6, 6.07) is 6.92. The quantitative estimate of drug-likeness (QED) is 0.602. The first kappa shape index (κ1) is 17.5. The van der Waals surface area contributed by atoms with E-state index >= 15 is 0 Å². The molecule has 0 radical (unpaired) electrons. The van der Waals surface area contributed by atoms with Crippen LogP contribution in [0.15, 0.2) is 30.3 Å². The number of nitrogens with one attached hydrogen (secondary N) is 1. The summed E-state index contributed by atoms with van der Waals surface area (Å²) < 4.78 is 26.2. The standard InChI is InChI=1S/C12H15ClNO6P/c1-18-11(15)8-10(12(16)19-2)14-21(13,17)20-9-6-4-3-5-7-9/h3-7,10H,8H2,1-2H3,(H,14,17)/t10-,21?/m1/s1. The Labute approximate surface area is 126 Å². The second-order valence-electron chi connectivity index (χ2n) is 3.87. The van der Waals surface area contributed by atoms with Crippen LogP contribution in [0.2, 0.25) is 0 Å². The molecule has 0 spiro atoms. The van der Waals surface area contributed by atoms with Crippen LogP contribution < -0.4 is 9.61 Å². The maximum Gasteiger partial charge on any atom is 0.409 e. The molecule has 1 rings (SSSR count). The van der Waals surface area contributed by atoms with Crippen molar-refractivity contribution in [2.45, 2.75) is 12.5 Å². The average Bonchev–Trinajstić information content (AvgIpc) is 2.45. The number of para-hydroxylation sites is 1. The Morgan fingerprint density at radius 3 is 2.38 bits per heavy atom. The summed E-state index contributed by atoms with van der Waals surface area (Å²) in [5, 5.41) is 2.28. The third-order valence-corrected chi connectivity index (χ3v) is 3.93. The van der Waals surface area contributed by atoms with Gasteiger partial charge in [0.1, 0.15) is 11.8 Å². The van der Waals surface area contributed by atoms with Crippen molar-refractivity contribution in [3.05, 3.63) is 30.3 Å². The van der Waals surface area contributed by atoms with Crippen molar-refractivity contribution >= 4 is 30.1 Å². The van der Waals surface area contributed by atoms with E-state index in [2.05, 4.69) is 14.6 Å². The molecule has 7 nitrogen and oxygen atoms in total. The van der Waals surface area contributed by atoms with Gasteiger partial charge in [0.2, 0.25) is 0 Å². The smallest absolute Gasteiger partial charge is 0.409 e. The van der Waals surface area contributed by atoms with E-state index in [1.807, 2.05) is 0 Å². The zero-order valence-corrected chi connectivity index (χ0v) is 13.1. The lowest BCUT2D eigenvalue weighted by Crippen LogP contribution is -2.37. The van der Waals surface area contributed by atoms with Crippen molar-refractivity contribution in [1.82, 2.24) is 5.09 Å². The van der Waals surface area contributed by atoms with Gasteiger partial charge in [-0.05, 0) is 12.1 Å². The van der Waals surface area contributed by atoms with Gasteiger partial charge >= 0.3 is 18.8 Å². The van der Waals surface area contributed by atoms with Gasteiger partial charge in [-0.3, -0.25) is 9.59 Å².